The molecular weight excluding hydrogens is 544 g/mol. The molecule has 1 saturated carbocycles. The van der Waals surface area contributed by atoms with Crippen molar-refractivity contribution in [3.63, 3.8) is 0 Å². The molecule has 222 valence electrons. The molecule has 1 saturated heterocycles. The molecule has 1 aromatic carbocycles. The van der Waals surface area contributed by atoms with E-state index in [0.29, 0.717) is 37.3 Å². The molecule has 13 heteroatoms. The lowest BCUT2D eigenvalue weighted by Gasteiger charge is -2.32. The molecule has 11 nitrogen and oxygen atoms in total. The third-order valence-corrected chi connectivity index (χ3v) is 8.40. The summed E-state index contributed by atoms with van der Waals surface area (Å²) in [6.07, 6.45) is 11.3. The summed E-state index contributed by atoms with van der Waals surface area (Å²) in [5.74, 6) is -1.75. The van der Waals surface area contributed by atoms with E-state index in [2.05, 4.69) is 44.6 Å². The van der Waals surface area contributed by atoms with Crippen molar-refractivity contribution in [2.75, 3.05) is 39.6 Å². The van der Waals surface area contributed by atoms with E-state index in [9.17, 15) is 0 Å². The molecule has 0 radical (unpaired) electrons. The zero-order chi connectivity index (χ0) is 29.2. The van der Waals surface area contributed by atoms with Crippen LogP contribution in [0.4, 0.5) is 14.6 Å². The van der Waals surface area contributed by atoms with Gasteiger partial charge in [-0.3, -0.25) is 4.68 Å². The maximum absolute atomic E-state index is 15.4. The molecule has 0 atom stereocenters. The third-order valence-electron chi connectivity index (χ3n) is 8.40. The van der Waals surface area contributed by atoms with Gasteiger partial charge >= 0.3 is 0 Å². The Kier molecular flexibility index (Phi) is 8.11. The zero-order valence-electron chi connectivity index (χ0n) is 23.8. The van der Waals surface area contributed by atoms with Gasteiger partial charge in [-0.2, -0.15) is 14.2 Å². The summed E-state index contributed by atoms with van der Waals surface area (Å²) in [6, 6.07) is 5.41. The van der Waals surface area contributed by atoms with Crippen molar-refractivity contribution in [3.05, 3.63) is 48.4 Å². The van der Waals surface area contributed by atoms with E-state index >= 15 is 8.78 Å². The van der Waals surface area contributed by atoms with Crippen LogP contribution >= 0.6 is 0 Å². The number of hydrogen-bond acceptors (Lipinski definition) is 9. The first-order valence-corrected chi connectivity index (χ1v) is 14.3. The van der Waals surface area contributed by atoms with E-state index < -0.39 is 11.6 Å². The van der Waals surface area contributed by atoms with Gasteiger partial charge in [0.2, 0.25) is 5.82 Å². The summed E-state index contributed by atoms with van der Waals surface area (Å²) in [6.45, 7) is 1.75. The highest BCUT2D eigenvalue weighted by Gasteiger charge is 2.25. The lowest BCUT2D eigenvalue weighted by atomic mass is 9.86. The number of rotatable bonds is 8. The van der Waals surface area contributed by atoms with E-state index in [-0.39, 0.29) is 29.1 Å². The van der Waals surface area contributed by atoms with Crippen LogP contribution in [0.1, 0.15) is 44.6 Å². The second-order valence-electron chi connectivity index (χ2n) is 11.3. The van der Waals surface area contributed by atoms with Crippen molar-refractivity contribution in [1.82, 2.24) is 39.9 Å². The molecule has 1 aliphatic carbocycles. The minimum Gasteiger partial charge on any atom is -0.490 e. The van der Waals surface area contributed by atoms with E-state index in [1.807, 2.05) is 10.9 Å². The molecule has 0 bridgehead atoms. The number of benzene rings is 1. The molecule has 4 aromatic rings. The van der Waals surface area contributed by atoms with Crippen LogP contribution in [0.15, 0.2) is 36.8 Å². The normalized spacial score (nSPS) is 19.8. The Morgan fingerprint density at radius 2 is 1.81 bits per heavy atom. The minimum atomic E-state index is -1.11. The molecule has 2 aliphatic rings. The first kappa shape index (κ1) is 28.2. The fraction of sp³-hybridized carbons (Fsp3) is 0.483. The molecule has 0 unspecified atom stereocenters. The Balaban J connectivity index is 1.21. The van der Waals surface area contributed by atoms with Crippen LogP contribution in [0.3, 0.4) is 0 Å². The van der Waals surface area contributed by atoms with E-state index in [0.717, 1.165) is 54.3 Å². The molecule has 6 rings (SSSR count). The molecule has 3 aromatic heterocycles. The standard InChI is InChI=1S/C29H35F2N9O2/c1-38(2)21-5-3-18(4-6-21)17-42-25-8-7-24(26(30)27(25)31)40-29(35-36-37-40)23-13-19(14-33-28(23)32)20-15-34-39(16-20)22-9-11-41-12-10-22/h7-8,13-16,18,21-22H,3-6,9-12,17H2,1-2H3,(H2,32,33). The SMILES string of the molecule is CN(C)C1CCC(COc2ccc(-n3nnnc3-c3cc(-c4cnn(C5CCOCC5)c4)cnc3N)c(F)c2F)CC1. The van der Waals surface area contributed by atoms with E-state index in [1.165, 1.54) is 12.1 Å². The second-order valence-corrected chi connectivity index (χ2v) is 11.3. The number of nitrogens with two attached hydrogens (primary N) is 1. The number of anilines is 1. The Bertz CT molecular complexity index is 1530. The van der Waals surface area contributed by atoms with E-state index in [4.69, 9.17) is 15.2 Å². The number of hydrogen-bond donors (Lipinski definition) is 1. The van der Waals surface area contributed by atoms with Gasteiger partial charge in [0.15, 0.2) is 17.4 Å². The summed E-state index contributed by atoms with van der Waals surface area (Å²) in [4.78, 5) is 6.56. The predicted octanol–water partition coefficient (Wildman–Crippen LogP) is 4.30. The molecular formula is C29H35F2N9O2. The fourth-order valence-corrected chi connectivity index (χ4v) is 5.80. The summed E-state index contributed by atoms with van der Waals surface area (Å²) in [5.41, 5.74) is 8.00. The van der Waals surface area contributed by atoms with Gasteiger partial charge in [0.25, 0.3) is 0 Å². The zero-order valence-corrected chi connectivity index (χ0v) is 23.8. The van der Waals surface area contributed by atoms with Crippen molar-refractivity contribution in [3.8, 4) is 34.0 Å². The summed E-state index contributed by atoms with van der Waals surface area (Å²) in [7, 11) is 4.17. The van der Waals surface area contributed by atoms with E-state index in [1.54, 1.807) is 18.5 Å². The lowest BCUT2D eigenvalue weighted by molar-refractivity contribution is 0.0662. The molecule has 42 heavy (non-hydrogen) atoms. The minimum absolute atomic E-state index is 0.128. The summed E-state index contributed by atoms with van der Waals surface area (Å²) >= 11 is 0. The van der Waals surface area contributed by atoms with Gasteiger partial charge in [0.05, 0.1) is 24.4 Å². The van der Waals surface area contributed by atoms with Gasteiger partial charge in [0.1, 0.15) is 11.5 Å². The quantitative estimate of drug-likeness (QED) is 0.326. The van der Waals surface area contributed by atoms with Crippen molar-refractivity contribution in [2.24, 2.45) is 5.92 Å². The number of ether oxygens (including phenoxy) is 2. The van der Waals surface area contributed by atoms with Crippen LogP contribution in [0, 0.1) is 17.6 Å². The molecule has 1 aliphatic heterocycles. The van der Waals surface area contributed by atoms with Crippen LogP contribution in [0.5, 0.6) is 5.75 Å². The van der Waals surface area contributed by atoms with Crippen LogP contribution in [-0.4, -0.2) is 79.8 Å². The van der Waals surface area contributed by atoms with Gasteiger partial charge in [-0.1, -0.05) is 0 Å². The van der Waals surface area contributed by atoms with Crippen LogP contribution in [0.25, 0.3) is 28.2 Å². The Labute approximate surface area is 242 Å². The number of nitrogen functional groups attached to an aromatic ring is 1. The molecule has 0 spiro atoms. The van der Waals surface area contributed by atoms with Gasteiger partial charge in [-0.15, -0.1) is 5.10 Å². The van der Waals surface area contributed by atoms with Crippen molar-refractivity contribution >= 4 is 5.82 Å². The molecule has 4 heterocycles. The van der Waals surface area contributed by atoms with Crippen LogP contribution in [0.2, 0.25) is 0 Å². The summed E-state index contributed by atoms with van der Waals surface area (Å²) < 4.78 is 44.8. The number of pyridine rings is 1. The van der Waals surface area contributed by atoms with Gasteiger partial charge < -0.3 is 20.1 Å². The van der Waals surface area contributed by atoms with Gasteiger partial charge in [-0.25, -0.2) is 9.37 Å². The van der Waals surface area contributed by atoms with Gasteiger partial charge in [0, 0.05) is 42.8 Å². The first-order valence-electron chi connectivity index (χ1n) is 14.3. The average molecular weight is 580 g/mol. The maximum atomic E-state index is 15.4. The Morgan fingerprint density at radius 3 is 2.57 bits per heavy atom. The highest BCUT2D eigenvalue weighted by atomic mass is 19.2. The third kappa shape index (κ3) is 5.71. The predicted molar refractivity (Wildman–Crippen MR) is 152 cm³/mol. The average Bonchev–Trinajstić information content (AvgIpc) is 3.70. The Hall–Kier alpha value is -3.97. The summed E-state index contributed by atoms with van der Waals surface area (Å²) in [5, 5.41) is 16.3. The number of nitrogens with zero attached hydrogens (tertiary/aromatic N) is 8. The molecule has 2 N–H and O–H groups in total. The highest BCUT2D eigenvalue weighted by molar-refractivity contribution is 5.76. The molecule has 0 amide bonds. The van der Waals surface area contributed by atoms with Crippen molar-refractivity contribution < 1.29 is 18.3 Å². The Morgan fingerprint density at radius 1 is 1.02 bits per heavy atom. The van der Waals surface area contributed by atoms with Crippen LogP contribution in [-0.2, 0) is 4.74 Å². The topological polar surface area (TPSA) is 122 Å². The van der Waals surface area contributed by atoms with Gasteiger partial charge in [-0.05, 0) is 87.2 Å². The fourth-order valence-electron chi connectivity index (χ4n) is 5.80. The van der Waals surface area contributed by atoms with Crippen molar-refractivity contribution in [1.29, 1.82) is 0 Å². The number of aromatic nitrogens is 7. The second kappa shape index (κ2) is 12.1. The number of halogens is 2. The largest absolute Gasteiger partial charge is 0.490 e. The maximum Gasteiger partial charge on any atom is 0.202 e. The monoisotopic (exact) mass is 579 g/mol. The number of tetrazole rings is 1. The van der Waals surface area contributed by atoms with Crippen molar-refractivity contribution in [2.45, 2.75) is 50.6 Å². The first-order chi connectivity index (χ1) is 20.4. The smallest absolute Gasteiger partial charge is 0.202 e. The van der Waals surface area contributed by atoms with Crippen LogP contribution < -0.4 is 10.5 Å². The molecule has 2 fully saturated rings. The lowest BCUT2D eigenvalue weighted by Crippen LogP contribution is -2.33. The highest BCUT2D eigenvalue weighted by Crippen LogP contribution is 2.33.